The van der Waals surface area contributed by atoms with E-state index < -0.39 is 0 Å². The highest BCUT2D eigenvalue weighted by atomic mass is 16.5. The number of hydrogen-bond acceptors (Lipinski definition) is 6. The summed E-state index contributed by atoms with van der Waals surface area (Å²) in [6, 6.07) is 1.86. The van der Waals surface area contributed by atoms with Crippen LogP contribution in [0.25, 0.3) is 0 Å². The van der Waals surface area contributed by atoms with Crippen LogP contribution < -0.4 is 16.2 Å². The van der Waals surface area contributed by atoms with Crippen LogP contribution in [0.15, 0.2) is 6.07 Å². The van der Waals surface area contributed by atoms with Crippen LogP contribution in [0, 0.1) is 0 Å². The molecule has 2 heterocycles. The highest BCUT2D eigenvalue weighted by molar-refractivity contribution is 5.48. The van der Waals surface area contributed by atoms with Gasteiger partial charge in [-0.2, -0.15) is 0 Å². The third kappa shape index (κ3) is 3.54. The van der Waals surface area contributed by atoms with Gasteiger partial charge in [0.15, 0.2) is 0 Å². The molecule has 1 fully saturated rings. The first kappa shape index (κ1) is 14.0. The molecule has 6 nitrogen and oxygen atoms in total. The van der Waals surface area contributed by atoms with Gasteiger partial charge in [0.2, 0.25) is 0 Å². The van der Waals surface area contributed by atoms with Crippen LogP contribution in [0.5, 0.6) is 0 Å². The Morgan fingerprint density at radius 3 is 2.89 bits per heavy atom. The minimum atomic E-state index is 0.267. The second-order valence-electron chi connectivity index (χ2n) is 5.28. The molecule has 0 bridgehead atoms. The quantitative estimate of drug-likeness (QED) is 0.620. The predicted molar refractivity (Wildman–Crippen MR) is 76.2 cm³/mol. The number of nitrogen functional groups attached to an aromatic ring is 1. The van der Waals surface area contributed by atoms with Crippen LogP contribution in [0.2, 0.25) is 0 Å². The van der Waals surface area contributed by atoms with Crippen LogP contribution in [0.4, 0.5) is 11.6 Å². The molecule has 0 amide bonds. The number of nitrogens with one attached hydrogen (secondary N) is 1. The molecular weight excluding hydrogens is 242 g/mol. The molecule has 2 rings (SSSR count). The molecular formula is C13H23N5O. The number of hydrazine groups is 1. The Kier molecular flexibility index (Phi) is 4.55. The minimum absolute atomic E-state index is 0.267. The molecule has 6 heteroatoms. The van der Waals surface area contributed by atoms with Gasteiger partial charge in [-0.05, 0) is 12.8 Å². The van der Waals surface area contributed by atoms with Gasteiger partial charge in [0.25, 0.3) is 0 Å². The van der Waals surface area contributed by atoms with Gasteiger partial charge in [0.1, 0.15) is 17.5 Å². The Labute approximate surface area is 114 Å². The Hall–Kier alpha value is -1.40. The topological polar surface area (TPSA) is 76.3 Å². The zero-order valence-electron chi connectivity index (χ0n) is 11.9. The number of hydrogen-bond donors (Lipinski definition) is 2. The van der Waals surface area contributed by atoms with Crippen molar-refractivity contribution in [1.82, 2.24) is 9.97 Å². The van der Waals surface area contributed by atoms with Crippen molar-refractivity contribution in [2.45, 2.75) is 38.7 Å². The van der Waals surface area contributed by atoms with Crippen molar-refractivity contribution in [3.63, 3.8) is 0 Å². The molecule has 1 aromatic heterocycles. The number of rotatable bonds is 5. The molecule has 0 spiro atoms. The van der Waals surface area contributed by atoms with E-state index >= 15 is 0 Å². The van der Waals surface area contributed by atoms with E-state index in [0.717, 1.165) is 37.6 Å². The van der Waals surface area contributed by atoms with E-state index in [1.165, 1.54) is 0 Å². The first-order valence-corrected chi connectivity index (χ1v) is 6.78. The fourth-order valence-electron chi connectivity index (χ4n) is 2.17. The van der Waals surface area contributed by atoms with E-state index in [0.29, 0.717) is 11.9 Å². The van der Waals surface area contributed by atoms with Crippen LogP contribution in [0.1, 0.15) is 38.4 Å². The van der Waals surface area contributed by atoms with Crippen molar-refractivity contribution >= 4 is 11.6 Å². The molecule has 1 aliphatic heterocycles. The second kappa shape index (κ2) is 6.16. The maximum atomic E-state index is 5.65. The molecule has 0 saturated carbocycles. The Bertz CT molecular complexity index is 417. The molecule has 3 N–H and O–H groups in total. The van der Waals surface area contributed by atoms with Crippen LogP contribution in [-0.2, 0) is 4.74 Å². The van der Waals surface area contributed by atoms with E-state index in [-0.39, 0.29) is 5.92 Å². The molecule has 1 saturated heterocycles. The average molecular weight is 265 g/mol. The number of anilines is 2. The molecule has 0 radical (unpaired) electrons. The zero-order valence-corrected chi connectivity index (χ0v) is 11.9. The van der Waals surface area contributed by atoms with Crippen LogP contribution in [0.3, 0.4) is 0 Å². The normalized spacial score (nSPS) is 18.9. The molecule has 1 aliphatic rings. The standard InChI is InChI=1S/C13H23N5O/c1-9(2)13-15-11(17-14)7-12(16-13)18(3)8-10-5-4-6-19-10/h7,9-10H,4-6,8,14H2,1-3H3,(H,15,16,17). The molecule has 1 atom stereocenters. The Morgan fingerprint density at radius 2 is 2.32 bits per heavy atom. The van der Waals surface area contributed by atoms with Crippen molar-refractivity contribution in [2.75, 3.05) is 30.5 Å². The highest BCUT2D eigenvalue weighted by Gasteiger charge is 2.19. The van der Waals surface area contributed by atoms with Gasteiger partial charge in [0.05, 0.1) is 6.10 Å². The maximum absolute atomic E-state index is 5.65. The predicted octanol–water partition coefficient (Wildman–Crippen LogP) is 1.50. The van der Waals surface area contributed by atoms with Gasteiger partial charge in [-0.3, -0.25) is 0 Å². The van der Waals surface area contributed by atoms with Gasteiger partial charge in [-0.1, -0.05) is 13.8 Å². The molecule has 1 aromatic rings. The SMILES string of the molecule is CC(C)c1nc(NN)cc(N(C)CC2CCCO2)n1. The summed E-state index contributed by atoms with van der Waals surface area (Å²) in [6.45, 7) is 5.85. The van der Waals surface area contributed by atoms with Gasteiger partial charge in [-0.25, -0.2) is 15.8 Å². The third-order valence-electron chi connectivity index (χ3n) is 3.29. The lowest BCUT2D eigenvalue weighted by Gasteiger charge is -2.23. The number of ether oxygens (including phenoxy) is 1. The largest absolute Gasteiger partial charge is 0.376 e. The maximum Gasteiger partial charge on any atom is 0.145 e. The zero-order chi connectivity index (χ0) is 13.8. The van der Waals surface area contributed by atoms with E-state index in [2.05, 4.69) is 34.1 Å². The summed E-state index contributed by atoms with van der Waals surface area (Å²) in [5.41, 5.74) is 2.60. The minimum Gasteiger partial charge on any atom is -0.376 e. The summed E-state index contributed by atoms with van der Waals surface area (Å²) in [5, 5.41) is 0. The summed E-state index contributed by atoms with van der Waals surface area (Å²) < 4.78 is 5.65. The summed E-state index contributed by atoms with van der Waals surface area (Å²) in [4.78, 5) is 11.0. The van der Waals surface area contributed by atoms with Crippen molar-refractivity contribution in [2.24, 2.45) is 5.84 Å². The lowest BCUT2D eigenvalue weighted by Crippen LogP contribution is -2.29. The highest BCUT2D eigenvalue weighted by Crippen LogP contribution is 2.21. The first-order valence-electron chi connectivity index (χ1n) is 6.78. The fourth-order valence-corrected chi connectivity index (χ4v) is 2.17. The fraction of sp³-hybridized carbons (Fsp3) is 0.692. The lowest BCUT2D eigenvalue weighted by molar-refractivity contribution is 0.116. The summed E-state index contributed by atoms with van der Waals surface area (Å²) >= 11 is 0. The number of aromatic nitrogens is 2. The number of likely N-dealkylation sites (N-methyl/N-ethyl adjacent to an activating group) is 1. The van der Waals surface area contributed by atoms with Crippen molar-refractivity contribution in [1.29, 1.82) is 0 Å². The Morgan fingerprint density at radius 1 is 1.53 bits per heavy atom. The van der Waals surface area contributed by atoms with E-state index in [9.17, 15) is 0 Å². The molecule has 0 aromatic carbocycles. The number of nitrogens with zero attached hydrogens (tertiary/aromatic N) is 3. The molecule has 19 heavy (non-hydrogen) atoms. The van der Waals surface area contributed by atoms with Gasteiger partial charge >= 0.3 is 0 Å². The van der Waals surface area contributed by atoms with Crippen molar-refractivity contribution in [3.8, 4) is 0 Å². The van der Waals surface area contributed by atoms with Gasteiger partial charge in [0, 0.05) is 32.2 Å². The summed E-state index contributed by atoms with van der Waals surface area (Å²) in [7, 11) is 2.02. The number of nitrogens with two attached hydrogens (primary N) is 1. The van der Waals surface area contributed by atoms with E-state index in [1.54, 1.807) is 0 Å². The monoisotopic (exact) mass is 265 g/mol. The van der Waals surface area contributed by atoms with E-state index in [4.69, 9.17) is 10.6 Å². The summed E-state index contributed by atoms with van der Waals surface area (Å²) in [6.07, 6.45) is 2.57. The van der Waals surface area contributed by atoms with Crippen molar-refractivity contribution in [3.05, 3.63) is 11.9 Å². The lowest BCUT2D eigenvalue weighted by atomic mass is 10.2. The first-order chi connectivity index (χ1) is 9.10. The molecule has 1 unspecified atom stereocenters. The van der Waals surface area contributed by atoms with Crippen molar-refractivity contribution < 1.29 is 4.74 Å². The smallest absolute Gasteiger partial charge is 0.145 e. The Balaban J connectivity index is 2.14. The molecule has 0 aliphatic carbocycles. The van der Waals surface area contributed by atoms with Crippen LogP contribution in [-0.4, -0.2) is 36.3 Å². The summed E-state index contributed by atoms with van der Waals surface area (Å²) in [5.74, 6) is 8.05. The van der Waals surface area contributed by atoms with Gasteiger partial charge in [-0.15, -0.1) is 0 Å². The average Bonchev–Trinajstić information content (AvgIpc) is 2.90. The third-order valence-corrected chi connectivity index (χ3v) is 3.29. The van der Waals surface area contributed by atoms with Gasteiger partial charge < -0.3 is 15.1 Å². The van der Waals surface area contributed by atoms with E-state index in [1.807, 2.05) is 13.1 Å². The molecule has 106 valence electrons. The van der Waals surface area contributed by atoms with Crippen LogP contribution >= 0.6 is 0 Å². The second-order valence-corrected chi connectivity index (χ2v) is 5.28.